The number of carbonyl (C=O) groups excluding carboxylic acids is 1. The zero-order valence-electron chi connectivity index (χ0n) is 12.7. The molecule has 2 aliphatic heterocycles. The van der Waals surface area contributed by atoms with Crippen molar-refractivity contribution >= 4 is 41.0 Å². The maximum atomic E-state index is 14.1. The van der Waals surface area contributed by atoms with Crippen LogP contribution >= 0.6 is 23.2 Å². The van der Waals surface area contributed by atoms with E-state index in [0.717, 1.165) is 5.56 Å². The summed E-state index contributed by atoms with van der Waals surface area (Å²) in [5, 5.41) is 3.45. The Kier molecular flexibility index (Phi) is 3.44. The lowest BCUT2D eigenvalue weighted by Gasteiger charge is -2.28. The molecule has 122 valence electrons. The average Bonchev–Trinajstić information content (AvgIpc) is 3.01. The molecule has 0 saturated heterocycles. The Morgan fingerprint density at radius 1 is 1.25 bits per heavy atom. The minimum absolute atomic E-state index is 0.00649. The molecule has 2 aromatic rings. The van der Waals surface area contributed by atoms with Crippen LogP contribution < -0.4 is 10.3 Å². The van der Waals surface area contributed by atoms with Gasteiger partial charge in [-0.1, -0.05) is 35.3 Å². The van der Waals surface area contributed by atoms with E-state index in [1.165, 1.54) is 12.1 Å². The van der Waals surface area contributed by atoms with Crippen molar-refractivity contribution in [2.24, 2.45) is 0 Å². The lowest BCUT2D eigenvalue weighted by molar-refractivity contribution is -0.491. The van der Waals surface area contributed by atoms with E-state index in [-0.39, 0.29) is 22.9 Å². The van der Waals surface area contributed by atoms with Gasteiger partial charge < -0.3 is 5.32 Å². The van der Waals surface area contributed by atoms with Gasteiger partial charge in [0.25, 0.3) is 0 Å². The Labute approximate surface area is 148 Å². The lowest BCUT2D eigenvalue weighted by Crippen LogP contribution is -2.76. The van der Waals surface area contributed by atoms with Gasteiger partial charge in [0.1, 0.15) is 12.0 Å². The predicted molar refractivity (Wildman–Crippen MR) is 92.4 cm³/mol. The molecule has 1 spiro atoms. The van der Waals surface area contributed by atoms with E-state index in [1.807, 2.05) is 31.3 Å². The van der Waals surface area contributed by atoms with Crippen molar-refractivity contribution < 1.29 is 14.2 Å². The molecule has 0 radical (unpaired) electrons. The van der Waals surface area contributed by atoms with Gasteiger partial charge in [-0.25, -0.2) is 9.38 Å². The van der Waals surface area contributed by atoms with Crippen molar-refractivity contribution in [1.82, 2.24) is 0 Å². The first-order valence-electron chi connectivity index (χ1n) is 7.60. The van der Waals surface area contributed by atoms with E-state index in [4.69, 9.17) is 23.2 Å². The van der Waals surface area contributed by atoms with Gasteiger partial charge in [0, 0.05) is 16.3 Å². The Morgan fingerprint density at radius 2 is 2.04 bits per heavy atom. The number of nitrogens with one attached hydrogen (secondary N) is 2. The zero-order valence-corrected chi connectivity index (χ0v) is 14.3. The third-order valence-electron chi connectivity index (χ3n) is 5.02. The largest absolute Gasteiger partial charge is 0.325 e. The molecule has 3 atom stereocenters. The number of amides is 1. The van der Waals surface area contributed by atoms with Crippen LogP contribution in [0.25, 0.3) is 0 Å². The van der Waals surface area contributed by atoms with Crippen LogP contribution in [0.1, 0.15) is 24.0 Å². The first-order chi connectivity index (χ1) is 11.4. The molecular weight excluding hydrogens is 350 g/mol. The molecule has 2 aromatic carbocycles. The first kappa shape index (κ1) is 15.6. The summed E-state index contributed by atoms with van der Waals surface area (Å²) >= 11 is 12.0. The third kappa shape index (κ3) is 1.96. The molecule has 1 unspecified atom stereocenters. The van der Waals surface area contributed by atoms with E-state index in [9.17, 15) is 9.18 Å². The summed E-state index contributed by atoms with van der Waals surface area (Å²) in [5.74, 6) is -0.971. The van der Waals surface area contributed by atoms with Crippen LogP contribution in [0.2, 0.25) is 10.0 Å². The monoisotopic (exact) mass is 363 g/mol. The summed E-state index contributed by atoms with van der Waals surface area (Å²) in [4.78, 5) is 16.2. The Balaban J connectivity index is 1.96. The molecule has 0 saturated carbocycles. The molecule has 0 fully saturated rings. The molecule has 0 aliphatic carbocycles. The van der Waals surface area contributed by atoms with E-state index in [0.29, 0.717) is 16.3 Å². The van der Waals surface area contributed by atoms with Crippen molar-refractivity contribution in [3.63, 3.8) is 0 Å². The Bertz CT molecular complexity index is 899. The minimum atomic E-state index is -0.939. The second-order valence-corrected chi connectivity index (χ2v) is 7.07. The second kappa shape index (κ2) is 5.30. The van der Waals surface area contributed by atoms with Crippen LogP contribution in [0.15, 0.2) is 36.4 Å². The highest BCUT2D eigenvalue weighted by atomic mass is 35.5. The van der Waals surface area contributed by atoms with Gasteiger partial charge in [0.15, 0.2) is 11.5 Å². The summed E-state index contributed by atoms with van der Waals surface area (Å²) in [6.45, 7) is 1.92. The van der Waals surface area contributed by atoms with Crippen LogP contribution in [0.3, 0.4) is 0 Å². The van der Waals surface area contributed by atoms with Crippen LogP contribution in [-0.4, -0.2) is 18.2 Å². The number of hydrogen-bond acceptors (Lipinski definition) is 1. The SMILES string of the molecule is CC1[NH+]=C[C@H](c2cccc(Cl)c2)[C@@]12C(=O)Nc1cc(Cl)c(F)cc12. The topological polar surface area (TPSA) is 43.1 Å². The summed E-state index contributed by atoms with van der Waals surface area (Å²) in [6.07, 6.45) is 1.89. The number of rotatable bonds is 1. The molecule has 1 amide bonds. The highest BCUT2D eigenvalue weighted by molar-refractivity contribution is 6.31. The summed E-state index contributed by atoms with van der Waals surface area (Å²) in [7, 11) is 0. The van der Waals surface area contributed by atoms with Crippen molar-refractivity contribution in [1.29, 1.82) is 0 Å². The summed E-state index contributed by atoms with van der Waals surface area (Å²) < 4.78 is 14.1. The fourth-order valence-corrected chi connectivity index (χ4v) is 4.27. The van der Waals surface area contributed by atoms with Gasteiger partial charge in [0.05, 0.1) is 10.9 Å². The standard InChI is InChI=1S/C18H13Cl2FN2O/c1-9-18(13(8-22-9)10-3-2-4-11(19)5-10)12-6-15(21)14(20)7-16(12)23-17(18)24/h2-9,13H,1H3,(H,23,24)/p+1/t9?,13-,18-/m1/s1. The van der Waals surface area contributed by atoms with Crippen LogP contribution in [0.5, 0.6) is 0 Å². The maximum absolute atomic E-state index is 14.1. The number of benzene rings is 2. The first-order valence-corrected chi connectivity index (χ1v) is 8.36. The van der Waals surface area contributed by atoms with E-state index >= 15 is 0 Å². The van der Waals surface area contributed by atoms with Crippen LogP contribution in [0.4, 0.5) is 10.1 Å². The second-order valence-electron chi connectivity index (χ2n) is 6.22. The molecule has 0 aromatic heterocycles. The van der Waals surface area contributed by atoms with Crippen molar-refractivity contribution in [3.05, 3.63) is 63.4 Å². The molecule has 4 rings (SSSR count). The molecule has 2 N–H and O–H groups in total. The number of hydrogen-bond donors (Lipinski definition) is 2. The Hall–Kier alpha value is -1.91. The van der Waals surface area contributed by atoms with Gasteiger partial charge in [0.2, 0.25) is 5.91 Å². The summed E-state index contributed by atoms with van der Waals surface area (Å²) in [5.41, 5.74) is 1.14. The molecule has 24 heavy (non-hydrogen) atoms. The maximum Gasteiger partial charge on any atom is 0.243 e. The molecule has 0 bridgehead atoms. The van der Waals surface area contributed by atoms with Gasteiger partial charge in [-0.3, -0.25) is 4.79 Å². The fourth-order valence-electron chi connectivity index (χ4n) is 3.91. The number of fused-ring (bicyclic) bond motifs is 2. The van der Waals surface area contributed by atoms with Crippen molar-refractivity contribution in [2.45, 2.75) is 24.3 Å². The quantitative estimate of drug-likeness (QED) is 0.803. The van der Waals surface area contributed by atoms with Crippen molar-refractivity contribution in [2.75, 3.05) is 5.32 Å². The third-order valence-corrected chi connectivity index (χ3v) is 5.55. The highest BCUT2D eigenvalue weighted by Crippen LogP contribution is 2.50. The summed E-state index contributed by atoms with van der Waals surface area (Å²) in [6, 6.07) is 10.0. The fraction of sp³-hybridized carbons (Fsp3) is 0.222. The molecule has 6 heteroatoms. The number of halogens is 3. The highest BCUT2D eigenvalue weighted by Gasteiger charge is 2.62. The van der Waals surface area contributed by atoms with Crippen LogP contribution in [-0.2, 0) is 10.2 Å². The average molecular weight is 364 g/mol. The van der Waals surface area contributed by atoms with Gasteiger partial charge in [-0.05, 0) is 36.8 Å². The molecule has 3 nitrogen and oxygen atoms in total. The zero-order chi connectivity index (χ0) is 17.1. The van der Waals surface area contributed by atoms with Gasteiger partial charge >= 0.3 is 0 Å². The number of carbonyl (C=O) groups is 1. The molecule has 2 aliphatic rings. The van der Waals surface area contributed by atoms with Gasteiger partial charge in [-0.15, -0.1) is 0 Å². The van der Waals surface area contributed by atoms with Crippen LogP contribution in [0, 0.1) is 5.82 Å². The lowest BCUT2D eigenvalue weighted by atomic mass is 9.66. The predicted octanol–water partition coefficient (Wildman–Crippen LogP) is 2.66. The van der Waals surface area contributed by atoms with Crippen molar-refractivity contribution in [3.8, 4) is 0 Å². The number of anilines is 1. The minimum Gasteiger partial charge on any atom is -0.325 e. The van der Waals surface area contributed by atoms with E-state index in [2.05, 4.69) is 10.3 Å². The van der Waals surface area contributed by atoms with E-state index in [1.54, 1.807) is 6.07 Å². The smallest absolute Gasteiger partial charge is 0.243 e. The van der Waals surface area contributed by atoms with Gasteiger partial charge in [-0.2, -0.15) is 0 Å². The molecule has 2 heterocycles. The Morgan fingerprint density at radius 3 is 2.79 bits per heavy atom. The normalized spacial score (nSPS) is 27.6. The molecular formula is C18H14Cl2FN2O+. The van der Waals surface area contributed by atoms with E-state index < -0.39 is 11.2 Å².